The average Bonchev–Trinajstić information content (AvgIpc) is 3.61. The van der Waals surface area contributed by atoms with E-state index in [0.717, 1.165) is 31.4 Å². The van der Waals surface area contributed by atoms with Crippen molar-refractivity contribution < 1.29 is 22.4 Å². The third kappa shape index (κ3) is 7.23. The predicted molar refractivity (Wildman–Crippen MR) is 149 cm³/mol. The van der Waals surface area contributed by atoms with Gasteiger partial charge in [-0.25, -0.2) is 12.8 Å². The molecule has 3 atom stereocenters. The van der Waals surface area contributed by atoms with Gasteiger partial charge in [-0.2, -0.15) is 4.31 Å². The summed E-state index contributed by atoms with van der Waals surface area (Å²) in [5, 5.41) is 3.63. The van der Waals surface area contributed by atoms with Gasteiger partial charge in [0.2, 0.25) is 15.9 Å². The summed E-state index contributed by atoms with van der Waals surface area (Å²) < 4.78 is 38.4. The highest BCUT2D eigenvalue weighted by atomic mass is 32.2. The second-order valence-corrected chi connectivity index (χ2v) is 12.9. The maximum Gasteiger partial charge on any atom is 0.254 e. The van der Waals surface area contributed by atoms with E-state index in [1.807, 2.05) is 18.2 Å². The van der Waals surface area contributed by atoms with Crippen molar-refractivity contribution in [2.45, 2.75) is 50.1 Å². The Balaban J connectivity index is 1.34. The van der Waals surface area contributed by atoms with E-state index >= 15 is 0 Å². The lowest BCUT2D eigenvalue weighted by Gasteiger charge is -2.37. The summed E-state index contributed by atoms with van der Waals surface area (Å²) in [4.78, 5) is 30.0. The van der Waals surface area contributed by atoms with Crippen LogP contribution in [0.3, 0.4) is 0 Å². The number of carbonyl (C=O) groups is 2. The number of benzene rings is 2. The highest BCUT2D eigenvalue weighted by molar-refractivity contribution is 7.88. The van der Waals surface area contributed by atoms with E-state index in [1.54, 1.807) is 36.2 Å². The number of rotatable bonds is 11. The summed E-state index contributed by atoms with van der Waals surface area (Å²) in [5.74, 6) is -0.235. The quantitative estimate of drug-likeness (QED) is 0.428. The molecule has 2 aromatic carbocycles. The molecule has 2 amide bonds. The van der Waals surface area contributed by atoms with Crippen LogP contribution in [-0.2, 0) is 14.8 Å². The molecule has 4 rings (SSSR count). The van der Waals surface area contributed by atoms with Gasteiger partial charge in [0, 0.05) is 50.2 Å². The van der Waals surface area contributed by atoms with E-state index in [4.69, 9.17) is 0 Å². The second kappa shape index (κ2) is 12.1. The molecule has 0 bridgehead atoms. The van der Waals surface area contributed by atoms with E-state index < -0.39 is 16.1 Å². The normalized spacial score (nSPS) is 22.4. The first kappa shape index (κ1) is 29.2. The Bertz CT molecular complexity index is 1250. The minimum absolute atomic E-state index is 0.0214. The molecule has 2 fully saturated rings. The number of halogens is 1. The van der Waals surface area contributed by atoms with Crippen LogP contribution < -0.4 is 5.32 Å². The van der Waals surface area contributed by atoms with E-state index in [-0.39, 0.29) is 36.3 Å². The van der Waals surface area contributed by atoms with Gasteiger partial charge >= 0.3 is 0 Å². The molecule has 39 heavy (non-hydrogen) atoms. The molecule has 212 valence electrons. The van der Waals surface area contributed by atoms with Gasteiger partial charge in [0.05, 0.1) is 6.26 Å². The van der Waals surface area contributed by atoms with Crippen molar-refractivity contribution in [1.82, 2.24) is 19.4 Å². The Hall–Kier alpha value is -2.82. The van der Waals surface area contributed by atoms with Crippen LogP contribution in [0.1, 0.15) is 54.4 Å². The number of hydrogen-bond donors (Lipinski definition) is 1. The summed E-state index contributed by atoms with van der Waals surface area (Å²) in [6.45, 7) is 4.08. The van der Waals surface area contributed by atoms with Crippen LogP contribution >= 0.6 is 0 Å². The van der Waals surface area contributed by atoms with Gasteiger partial charge in [0.15, 0.2) is 0 Å². The van der Waals surface area contributed by atoms with Gasteiger partial charge in [0.25, 0.3) is 5.91 Å². The third-order valence-electron chi connectivity index (χ3n) is 8.06. The molecular formula is C29H39FN4O4S. The number of nitrogens with one attached hydrogen (secondary N) is 1. The van der Waals surface area contributed by atoms with Crippen molar-refractivity contribution in [2.75, 3.05) is 46.0 Å². The first-order valence-corrected chi connectivity index (χ1v) is 15.4. The molecule has 1 saturated heterocycles. The number of sulfonamides is 1. The number of nitrogens with zero attached hydrogens (tertiary/aromatic N) is 3. The van der Waals surface area contributed by atoms with Gasteiger partial charge in [-0.15, -0.1) is 0 Å². The average molecular weight is 559 g/mol. The number of piperazine rings is 1. The van der Waals surface area contributed by atoms with E-state index in [0.29, 0.717) is 31.0 Å². The highest BCUT2D eigenvalue weighted by Gasteiger charge is 2.50. The Morgan fingerprint density at radius 2 is 1.69 bits per heavy atom. The first-order chi connectivity index (χ1) is 18.5. The largest absolute Gasteiger partial charge is 0.338 e. The van der Waals surface area contributed by atoms with Crippen LogP contribution in [0, 0.1) is 5.82 Å². The maximum atomic E-state index is 13.6. The van der Waals surface area contributed by atoms with Crippen LogP contribution in [0.5, 0.6) is 0 Å². The predicted octanol–water partition coefficient (Wildman–Crippen LogP) is 3.08. The van der Waals surface area contributed by atoms with Crippen molar-refractivity contribution in [3.8, 4) is 0 Å². The van der Waals surface area contributed by atoms with E-state index in [9.17, 15) is 22.4 Å². The number of carbonyl (C=O) groups excluding carboxylic acids is 2. The molecule has 2 aromatic rings. The lowest BCUT2D eigenvalue weighted by Crippen LogP contribution is -2.56. The highest BCUT2D eigenvalue weighted by Crippen LogP contribution is 2.51. The molecule has 8 nitrogen and oxygen atoms in total. The molecule has 1 aliphatic carbocycles. The minimum atomic E-state index is -3.31. The Morgan fingerprint density at radius 3 is 2.31 bits per heavy atom. The van der Waals surface area contributed by atoms with Crippen LogP contribution in [0.2, 0.25) is 0 Å². The van der Waals surface area contributed by atoms with Gasteiger partial charge in [-0.3, -0.25) is 9.59 Å². The summed E-state index contributed by atoms with van der Waals surface area (Å²) in [5.41, 5.74) is 1.63. The second-order valence-electron chi connectivity index (χ2n) is 10.9. The maximum absolute atomic E-state index is 13.6. The van der Waals surface area contributed by atoms with Crippen molar-refractivity contribution >= 4 is 21.8 Å². The molecule has 0 radical (unpaired) electrons. The van der Waals surface area contributed by atoms with Crippen LogP contribution in [-0.4, -0.2) is 91.9 Å². The summed E-state index contributed by atoms with van der Waals surface area (Å²) in [6, 6.07) is 15.0. The number of likely N-dealkylation sites (N-methyl/N-ethyl adjacent to an activating group) is 1. The number of unbranched alkanes of at least 4 members (excludes halogenated alkanes) is 1. The van der Waals surface area contributed by atoms with Gasteiger partial charge < -0.3 is 15.1 Å². The fourth-order valence-electron chi connectivity index (χ4n) is 5.44. The molecule has 0 spiro atoms. The van der Waals surface area contributed by atoms with Crippen LogP contribution in [0.15, 0.2) is 54.6 Å². The zero-order valence-electron chi connectivity index (χ0n) is 23.0. The Morgan fingerprint density at radius 1 is 1.05 bits per heavy atom. The van der Waals surface area contributed by atoms with Gasteiger partial charge in [-0.1, -0.05) is 30.3 Å². The molecule has 1 N–H and O–H groups in total. The number of hydrogen-bond acceptors (Lipinski definition) is 5. The van der Waals surface area contributed by atoms with Crippen LogP contribution in [0.25, 0.3) is 0 Å². The van der Waals surface area contributed by atoms with Crippen molar-refractivity contribution in [3.63, 3.8) is 0 Å². The van der Waals surface area contributed by atoms with Gasteiger partial charge in [0.1, 0.15) is 11.9 Å². The fraction of sp³-hybridized carbons (Fsp3) is 0.517. The lowest BCUT2D eigenvalue weighted by atomic mass is 10.0. The zero-order chi connectivity index (χ0) is 28.2. The molecule has 1 saturated carbocycles. The molecule has 1 aliphatic heterocycles. The molecule has 3 unspecified atom stereocenters. The topological polar surface area (TPSA) is 90.0 Å². The SMILES string of the molecule is CN(C(=O)c1ccccc1)C(CCCCNC1(C)CC1c1ccc(F)cc1)C(=O)N1CCN(S(C)(=O)=O)CC1. The summed E-state index contributed by atoms with van der Waals surface area (Å²) in [7, 11) is -1.64. The molecular weight excluding hydrogens is 519 g/mol. The summed E-state index contributed by atoms with van der Waals surface area (Å²) in [6.07, 6.45) is 4.27. The van der Waals surface area contributed by atoms with Gasteiger partial charge in [-0.05, 0) is 69.0 Å². The van der Waals surface area contributed by atoms with Crippen LogP contribution in [0.4, 0.5) is 4.39 Å². The minimum Gasteiger partial charge on any atom is -0.338 e. The monoisotopic (exact) mass is 558 g/mol. The van der Waals surface area contributed by atoms with Crippen molar-refractivity contribution in [2.24, 2.45) is 0 Å². The van der Waals surface area contributed by atoms with Crippen molar-refractivity contribution in [3.05, 3.63) is 71.5 Å². The molecule has 2 aliphatic rings. The van der Waals surface area contributed by atoms with E-state index in [2.05, 4.69) is 12.2 Å². The fourth-order valence-corrected chi connectivity index (χ4v) is 6.26. The standard InChI is InChI=1S/C29H39FN4O4S/c1-29(21-25(29)22-12-14-24(30)15-13-22)31-16-8-7-11-26(32(2)27(35)23-9-5-4-6-10-23)28(36)33-17-19-34(20-18-33)39(3,37)38/h4-6,9-10,12-15,25-26,31H,7-8,11,16-21H2,1-3H3. The summed E-state index contributed by atoms with van der Waals surface area (Å²) >= 11 is 0. The van der Waals surface area contributed by atoms with Crippen molar-refractivity contribution in [1.29, 1.82) is 0 Å². The molecule has 10 heteroatoms. The molecule has 0 aromatic heterocycles. The molecule has 1 heterocycles. The number of amides is 2. The Labute approximate surface area is 231 Å². The Kier molecular flexibility index (Phi) is 9.08. The van der Waals surface area contributed by atoms with E-state index in [1.165, 1.54) is 27.6 Å². The third-order valence-corrected chi connectivity index (χ3v) is 9.36. The zero-order valence-corrected chi connectivity index (χ0v) is 23.8. The first-order valence-electron chi connectivity index (χ1n) is 13.6. The smallest absolute Gasteiger partial charge is 0.254 e. The lowest BCUT2D eigenvalue weighted by molar-refractivity contribution is -0.137.